The molecule has 0 aromatic rings. The fourth-order valence-corrected chi connectivity index (χ4v) is 3.16. The van der Waals surface area contributed by atoms with Crippen molar-refractivity contribution in [1.29, 1.82) is 0 Å². The molecule has 0 N–H and O–H groups in total. The number of nitrogens with zero attached hydrogens (tertiary/aromatic N) is 1. The fraction of sp³-hybridized carbons (Fsp3) is 0.833. The Bertz CT molecular complexity index is 228. The van der Waals surface area contributed by atoms with Crippen LogP contribution in [0.5, 0.6) is 0 Å². The van der Waals surface area contributed by atoms with Crippen LogP contribution in [-0.2, 0) is 0 Å². The third-order valence-corrected chi connectivity index (χ3v) is 3.78. The van der Waals surface area contributed by atoms with Crippen LogP contribution in [0.25, 0.3) is 0 Å². The average Bonchev–Trinajstić information content (AvgIpc) is 2.62. The van der Waals surface area contributed by atoms with Gasteiger partial charge in [-0.3, -0.25) is 4.90 Å². The minimum atomic E-state index is 0.663. The summed E-state index contributed by atoms with van der Waals surface area (Å²) in [5.74, 6) is 3.70. The Morgan fingerprint density at radius 3 is 3.00 bits per heavy atom. The van der Waals surface area contributed by atoms with Gasteiger partial charge in [0, 0.05) is 6.54 Å². The lowest BCUT2D eigenvalue weighted by Gasteiger charge is -2.23. The first-order valence-corrected chi connectivity index (χ1v) is 5.40. The van der Waals surface area contributed by atoms with E-state index in [0.29, 0.717) is 5.41 Å². The Morgan fingerprint density at radius 1 is 1.54 bits per heavy atom. The maximum atomic E-state index is 5.33. The molecule has 0 amide bonds. The normalized spacial score (nSPS) is 39.8. The lowest BCUT2D eigenvalue weighted by atomic mass is 9.85. The average molecular weight is 177 g/mol. The Balaban J connectivity index is 1.94. The molecule has 2 rings (SSSR count). The summed E-state index contributed by atoms with van der Waals surface area (Å²) < 4.78 is 0. The summed E-state index contributed by atoms with van der Waals surface area (Å²) in [4.78, 5) is 2.44. The lowest BCUT2D eigenvalue weighted by Crippen LogP contribution is -2.25. The maximum Gasteiger partial charge on any atom is 0.0599 e. The van der Waals surface area contributed by atoms with Gasteiger partial charge in [0.05, 0.1) is 6.54 Å². The highest BCUT2D eigenvalue weighted by Crippen LogP contribution is 2.47. The van der Waals surface area contributed by atoms with E-state index in [-0.39, 0.29) is 0 Å². The summed E-state index contributed by atoms with van der Waals surface area (Å²) in [6, 6.07) is 0. The van der Waals surface area contributed by atoms with Gasteiger partial charge < -0.3 is 0 Å². The molecule has 72 valence electrons. The minimum absolute atomic E-state index is 0.663. The molecule has 0 bridgehead atoms. The monoisotopic (exact) mass is 177 g/mol. The van der Waals surface area contributed by atoms with Crippen LogP contribution in [0.4, 0.5) is 0 Å². The van der Waals surface area contributed by atoms with Gasteiger partial charge in [-0.1, -0.05) is 19.3 Å². The van der Waals surface area contributed by atoms with Crippen LogP contribution in [-0.4, -0.2) is 24.5 Å². The number of rotatable bonds is 1. The predicted octanol–water partition coefficient (Wildman–Crippen LogP) is 2.13. The van der Waals surface area contributed by atoms with Crippen molar-refractivity contribution in [2.75, 3.05) is 19.6 Å². The van der Waals surface area contributed by atoms with Gasteiger partial charge in [-0.25, -0.2) is 0 Å². The van der Waals surface area contributed by atoms with Crippen molar-refractivity contribution in [2.24, 2.45) is 11.3 Å². The van der Waals surface area contributed by atoms with Crippen LogP contribution in [0.1, 0.15) is 32.6 Å². The highest BCUT2D eigenvalue weighted by atomic mass is 15.2. The maximum absolute atomic E-state index is 5.33. The lowest BCUT2D eigenvalue weighted by molar-refractivity contribution is 0.271. The highest BCUT2D eigenvalue weighted by molar-refractivity contribution is 4.98. The van der Waals surface area contributed by atoms with E-state index in [1.165, 1.54) is 38.8 Å². The first-order chi connectivity index (χ1) is 6.24. The van der Waals surface area contributed by atoms with E-state index >= 15 is 0 Å². The first-order valence-electron chi connectivity index (χ1n) is 5.40. The van der Waals surface area contributed by atoms with Crippen LogP contribution in [0.3, 0.4) is 0 Å². The summed E-state index contributed by atoms with van der Waals surface area (Å²) in [6.07, 6.45) is 11.0. The molecule has 0 radical (unpaired) electrons. The van der Waals surface area contributed by atoms with Gasteiger partial charge in [-0.15, -0.1) is 6.42 Å². The molecule has 1 heteroatoms. The molecule has 1 nitrogen and oxygen atoms in total. The van der Waals surface area contributed by atoms with Crippen LogP contribution < -0.4 is 0 Å². The summed E-state index contributed by atoms with van der Waals surface area (Å²) in [5.41, 5.74) is 0.663. The standard InChI is InChI=1S/C12H19N/c1-3-7-13-8-6-12(10-13)5-4-11(2)9-12/h1,11H,4-10H2,2H3. The van der Waals surface area contributed by atoms with E-state index in [1.807, 2.05) is 0 Å². The summed E-state index contributed by atoms with van der Waals surface area (Å²) >= 11 is 0. The molecule has 13 heavy (non-hydrogen) atoms. The van der Waals surface area contributed by atoms with Crippen LogP contribution >= 0.6 is 0 Å². The molecule has 1 heterocycles. The second-order valence-corrected chi connectivity index (χ2v) is 5.01. The summed E-state index contributed by atoms with van der Waals surface area (Å²) in [6.45, 7) is 5.74. The van der Waals surface area contributed by atoms with Crippen LogP contribution in [0, 0.1) is 23.7 Å². The Morgan fingerprint density at radius 2 is 2.38 bits per heavy atom. The zero-order chi connectivity index (χ0) is 9.31. The quantitative estimate of drug-likeness (QED) is 0.555. The minimum Gasteiger partial charge on any atom is -0.292 e. The second-order valence-electron chi connectivity index (χ2n) is 5.01. The summed E-state index contributed by atoms with van der Waals surface area (Å²) in [7, 11) is 0. The largest absolute Gasteiger partial charge is 0.292 e. The van der Waals surface area contributed by atoms with Gasteiger partial charge >= 0.3 is 0 Å². The van der Waals surface area contributed by atoms with Crippen molar-refractivity contribution in [3.8, 4) is 12.3 Å². The zero-order valence-corrected chi connectivity index (χ0v) is 8.55. The first kappa shape index (κ1) is 9.09. The third-order valence-electron chi connectivity index (χ3n) is 3.78. The topological polar surface area (TPSA) is 3.24 Å². The summed E-state index contributed by atoms with van der Waals surface area (Å²) in [5, 5.41) is 0. The van der Waals surface area contributed by atoms with Gasteiger partial charge in [0.25, 0.3) is 0 Å². The number of hydrogen-bond acceptors (Lipinski definition) is 1. The van der Waals surface area contributed by atoms with E-state index in [1.54, 1.807) is 0 Å². The zero-order valence-electron chi connectivity index (χ0n) is 8.55. The Hall–Kier alpha value is -0.480. The molecule has 1 aliphatic heterocycles. The van der Waals surface area contributed by atoms with Crippen LogP contribution in [0.2, 0.25) is 0 Å². The van der Waals surface area contributed by atoms with Crippen molar-refractivity contribution in [3.05, 3.63) is 0 Å². The van der Waals surface area contributed by atoms with Gasteiger partial charge in [-0.05, 0) is 37.1 Å². The molecule has 1 saturated heterocycles. The third kappa shape index (κ3) is 1.74. The SMILES string of the molecule is C#CCN1CCC2(CCC(C)C2)C1. The van der Waals surface area contributed by atoms with E-state index in [2.05, 4.69) is 17.7 Å². The molecule has 2 aliphatic rings. The van der Waals surface area contributed by atoms with E-state index < -0.39 is 0 Å². The molecular weight excluding hydrogens is 158 g/mol. The van der Waals surface area contributed by atoms with E-state index in [0.717, 1.165) is 12.5 Å². The van der Waals surface area contributed by atoms with E-state index in [4.69, 9.17) is 6.42 Å². The predicted molar refractivity (Wildman–Crippen MR) is 55.3 cm³/mol. The van der Waals surface area contributed by atoms with Crippen LogP contribution in [0.15, 0.2) is 0 Å². The fourth-order valence-electron chi connectivity index (χ4n) is 3.16. The molecule has 2 unspecified atom stereocenters. The van der Waals surface area contributed by atoms with Gasteiger partial charge in [0.1, 0.15) is 0 Å². The molecule has 1 aliphatic carbocycles. The number of hydrogen-bond donors (Lipinski definition) is 0. The van der Waals surface area contributed by atoms with Crippen molar-refractivity contribution in [1.82, 2.24) is 4.90 Å². The van der Waals surface area contributed by atoms with Gasteiger partial charge in [0.2, 0.25) is 0 Å². The van der Waals surface area contributed by atoms with Crippen molar-refractivity contribution >= 4 is 0 Å². The molecule has 2 atom stereocenters. The molecule has 1 spiro atoms. The van der Waals surface area contributed by atoms with E-state index in [9.17, 15) is 0 Å². The molecule has 2 fully saturated rings. The Labute approximate surface area is 81.5 Å². The second kappa shape index (κ2) is 3.35. The molecular formula is C12H19N. The number of terminal acetylenes is 1. The molecule has 1 saturated carbocycles. The Kier molecular flexibility index (Phi) is 2.34. The van der Waals surface area contributed by atoms with Crippen molar-refractivity contribution < 1.29 is 0 Å². The smallest absolute Gasteiger partial charge is 0.0599 e. The molecule has 0 aromatic heterocycles. The molecule has 0 aromatic carbocycles. The highest BCUT2D eigenvalue weighted by Gasteiger charge is 2.42. The number of likely N-dealkylation sites (tertiary alicyclic amines) is 1. The van der Waals surface area contributed by atoms with Crippen molar-refractivity contribution in [3.63, 3.8) is 0 Å². The van der Waals surface area contributed by atoms with Gasteiger partial charge in [-0.2, -0.15) is 0 Å². The van der Waals surface area contributed by atoms with Gasteiger partial charge in [0.15, 0.2) is 0 Å². The van der Waals surface area contributed by atoms with Crippen molar-refractivity contribution in [2.45, 2.75) is 32.6 Å².